The highest BCUT2D eigenvalue weighted by Gasteiger charge is 2.42. The lowest BCUT2D eigenvalue weighted by molar-refractivity contribution is 0.172. The van der Waals surface area contributed by atoms with E-state index in [1.165, 1.54) is 96.3 Å². The molecule has 2 fully saturated rings. The lowest BCUT2D eigenvalue weighted by Gasteiger charge is -2.43. The molecule has 0 aromatic heterocycles. The number of rotatable bonds is 0. The van der Waals surface area contributed by atoms with Gasteiger partial charge < -0.3 is 0 Å². The minimum Gasteiger partial charge on any atom is -0.206 e. The Labute approximate surface area is 188 Å². The van der Waals surface area contributed by atoms with E-state index in [1.807, 2.05) is 0 Å². The van der Waals surface area contributed by atoms with Gasteiger partial charge in [-0.3, -0.25) is 0 Å². The van der Waals surface area contributed by atoms with E-state index in [4.69, 9.17) is 0 Å². The zero-order valence-corrected chi connectivity index (χ0v) is 19.6. The summed E-state index contributed by atoms with van der Waals surface area (Å²) in [6, 6.07) is 0. The maximum atomic E-state index is 16.0. The highest BCUT2D eigenvalue weighted by Crippen LogP contribution is 2.50. The summed E-state index contributed by atoms with van der Waals surface area (Å²) in [4.78, 5) is 0. The number of hydrogen-bond acceptors (Lipinski definition) is 0. The van der Waals surface area contributed by atoms with E-state index in [9.17, 15) is 0 Å². The summed E-state index contributed by atoms with van der Waals surface area (Å²) in [5.74, 6) is 0.0106. The Kier molecular flexibility index (Phi) is 6.46. The van der Waals surface area contributed by atoms with Gasteiger partial charge in [0.1, 0.15) is 11.6 Å². The predicted octanol–water partition coefficient (Wildman–Crippen LogP) is 8.79. The fourth-order valence-corrected chi connectivity index (χ4v) is 7.83. The standard InChI is InChI=1S/C29H42F2/c30-26-23-13-19-29(16-10-6-3-7-11-17-29)21-25(23)27(31)22-12-18-28(20-24(22)26)14-8-4-1-2-5-9-15-28/h1-21H2. The number of benzene rings is 1. The quantitative estimate of drug-likeness (QED) is 0.387. The van der Waals surface area contributed by atoms with Crippen molar-refractivity contribution in [1.29, 1.82) is 0 Å². The molecular formula is C29H42F2. The van der Waals surface area contributed by atoms with Crippen molar-refractivity contribution >= 4 is 0 Å². The third-order valence-corrected chi connectivity index (χ3v) is 9.78. The zero-order valence-electron chi connectivity index (χ0n) is 19.6. The van der Waals surface area contributed by atoms with Gasteiger partial charge in [-0.2, -0.15) is 0 Å². The summed E-state index contributed by atoms with van der Waals surface area (Å²) in [6.07, 6.45) is 24.5. The first-order valence-electron chi connectivity index (χ1n) is 13.6. The van der Waals surface area contributed by atoms with E-state index in [1.54, 1.807) is 0 Å². The van der Waals surface area contributed by atoms with Crippen molar-refractivity contribution < 1.29 is 8.78 Å². The molecule has 1 aromatic carbocycles. The van der Waals surface area contributed by atoms with Gasteiger partial charge in [0, 0.05) is 0 Å². The second-order valence-electron chi connectivity index (χ2n) is 11.8. The van der Waals surface area contributed by atoms with Crippen LogP contribution in [0.3, 0.4) is 0 Å². The van der Waals surface area contributed by atoms with Gasteiger partial charge in [0.2, 0.25) is 0 Å². The molecule has 0 saturated heterocycles. The van der Waals surface area contributed by atoms with Gasteiger partial charge in [-0.1, -0.05) is 70.6 Å². The van der Waals surface area contributed by atoms with Crippen LogP contribution in [0.1, 0.15) is 131 Å². The van der Waals surface area contributed by atoms with Crippen molar-refractivity contribution in [2.24, 2.45) is 10.8 Å². The minimum absolute atomic E-state index is 0.00505. The molecule has 0 nitrogen and oxygen atoms in total. The summed E-state index contributed by atoms with van der Waals surface area (Å²) in [7, 11) is 0. The molecule has 31 heavy (non-hydrogen) atoms. The Morgan fingerprint density at radius 2 is 0.710 bits per heavy atom. The van der Waals surface area contributed by atoms with Crippen molar-refractivity contribution in [3.8, 4) is 0 Å². The normalized spacial score (nSPS) is 26.1. The Morgan fingerprint density at radius 1 is 0.387 bits per heavy atom. The molecule has 0 aliphatic heterocycles. The SMILES string of the molecule is Fc1c2c(c(F)c3c1CC1(CCCCCCCC1)CC3)CC1(CCCCCCC1)CC2. The van der Waals surface area contributed by atoms with E-state index in [0.717, 1.165) is 60.8 Å². The first kappa shape index (κ1) is 21.9. The molecular weight excluding hydrogens is 386 g/mol. The molecule has 2 heteroatoms. The minimum atomic E-state index is 0.00505. The molecule has 4 aliphatic rings. The molecule has 0 unspecified atom stereocenters. The topological polar surface area (TPSA) is 0 Å². The molecule has 172 valence electrons. The maximum absolute atomic E-state index is 16.0. The van der Waals surface area contributed by atoms with E-state index in [0.29, 0.717) is 0 Å². The van der Waals surface area contributed by atoms with Crippen molar-refractivity contribution in [3.63, 3.8) is 0 Å². The van der Waals surface area contributed by atoms with Crippen LogP contribution in [-0.2, 0) is 25.7 Å². The number of halogens is 2. The van der Waals surface area contributed by atoms with Crippen LogP contribution in [0, 0.1) is 22.5 Å². The Balaban J connectivity index is 1.45. The van der Waals surface area contributed by atoms with Crippen LogP contribution in [0.15, 0.2) is 0 Å². The molecule has 2 spiro atoms. The molecule has 4 aliphatic carbocycles. The number of fused-ring (bicyclic) bond motifs is 2. The summed E-state index contributed by atoms with van der Waals surface area (Å²) in [5.41, 5.74) is 3.58. The summed E-state index contributed by atoms with van der Waals surface area (Å²) >= 11 is 0. The third-order valence-electron chi connectivity index (χ3n) is 9.78. The fourth-order valence-electron chi connectivity index (χ4n) is 7.83. The average molecular weight is 429 g/mol. The van der Waals surface area contributed by atoms with Crippen molar-refractivity contribution in [1.82, 2.24) is 0 Å². The van der Waals surface area contributed by atoms with Crippen LogP contribution >= 0.6 is 0 Å². The predicted molar refractivity (Wildman–Crippen MR) is 125 cm³/mol. The Hall–Kier alpha value is -0.920. The van der Waals surface area contributed by atoms with Crippen LogP contribution in [0.5, 0.6) is 0 Å². The highest BCUT2D eigenvalue weighted by molar-refractivity contribution is 5.45. The molecule has 5 rings (SSSR count). The van der Waals surface area contributed by atoms with E-state index < -0.39 is 0 Å². The molecule has 1 aromatic rings. The Morgan fingerprint density at radius 3 is 1.06 bits per heavy atom. The molecule has 0 radical (unpaired) electrons. The first-order chi connectivity index (χ1) is 15.1. The van der Waals surface area contributed by atoms with Crippen molar-refractivity contribution in [2.75, 3.05) is 0 Å². The van der Waals surface area contributed by atoms with Crippen LogP contribution < -0.4 is 0 Å². The third kappa shape index (κ3) is 4.34. The van der Waals surface area contributed by atoms with Crippen LogP contribution in [0.4, 0.5) is 8.78 Å². The van der Waals surface area contributed by atoms with Crippen LogP contribution in [-0.4, -0.2) is 0 Å². The Bertz CT molecular complexity index is 775. The summed E-state index contributed by atoms with van der Waals surface area (Å²) in [5, 5.41) is 0. The molecule has 0 amide bonds. The van der Waals surface area contributed by atoms with Crippen molar-refractivity contribution in [3.05, 3.63) is 33.9 Å². The molecule has 2 saturated carbocycles. The van der Waals surface area contributed by atoms with Gasteiger partial charge in [0.15, 0.2) is 0 Å². The zero-order chi connectivity index (χ0) is 21.3. The van der Waals surface area contributed by atoms with Gasteiger partial charge >= 0.3 is 0 Å². The van der Waals surface area contributed by atoms with Crippen LogP contribution in [0.2, 0.25) is 0 Å². The molecule has 0 N–H and O–H groups in total. The molecule has 0 atom stereocenters. The summed E-state index contributed by atoms with van der Waals surface area (Å²) in [6.45, 7) is 0. The first-order valence-corrected chi connectivity index (χ1v) is 13.6. The van der Waals surface area contributed by atoms with Gasteiger partial charge in [-0.25, -0.2) is 8.78 Å². The fraction of sp³-hybridized carbons (Fsp3) is 0.793. The monoisotopic (exact) mass is 428 g/mol. The lowest BCUT2D eigenvalue weighted by atomic mass is 9.62. The second-order valence-corrected chi connectivity index (χ2v) is 11.8. The van der Waals surface area contributed by atoms with E-state index >= 15 is 8.78 Å². The maximum Gasteiger partial charge on any atom is 0.130 e. The van der Waals surface area contributed by atoms with Gasteiger partial charge in [-0.15, -0.1) is 0 Å². The van der Waals surface area contributed by atoms with Gasteiger partial charge in [0.25, 0.3) is 0 Å². The molecule has 0 heterocycles. The van der Waals surface area contributed by atoms with E-state index in [2.05, 4.69) is 0 Å². The van der Waals surface area contributed by atoms with Crippen LogP contribution in [0.25, 0.3) is 0 Å². The molecule has 0 bridgehead atoms. The van der Waals surface area contributed by atoms with E-state index in [-0.39, 0.29) is 22.5 Å². The lowest BCUT2D eigenvalue weighted by Crippen LogP contribution is -2.34. The average Bonchev–Trinajstić information content (AvgIpc) is 2.87. The van der Waals surface area contributed by atoms with Crippen molar-refractivity contribution in [2.45, 2.75) is 135 Å². The smallest absolute Gasteiger partial charge is 0.130 e. The van der Waals surface area contributed by atoms with Gasteiger partial charge in [0.05, 0.1) is 0 Å². The van der Waals surface area contributed by atoms with Gasteiger partial charge in [-0.05, 0) is 97.3 Å². The summed E-state index contributed by atoms with van der Waals surface area (Å²) < 4.78 is 31.9. The largest absolute Gasteiger partial charge is 0.206 e. The number of hydrogen-bond donors (Lipinski definition) is 0. The highest BCUT2D eigenvalue weighted by atomic mass is 19.1. The second kappa shape index (κ2) is 9.14.